The molecule has 2 aromatic rings. The van der Waals surface area contributed by atoms with Crippen molar-refractivity contribution in [3.63, 3.8) is 0 Å². The number of carbonyl (C=O) groups is 2. The van der Waals surface area contributed by atoms with Gasteiger partial charge >= 0.3 is 5.97 Å². The fourth-order valence-electron chi connectivity index (χ4n) is 3.35. The van der Waals surface area contributed by atoms with Gasteiger partial charge in [-0.3, -0.25) is 4.79 Å². The van der Waals surface area contributed by atoms with Crippen LogP contribution in [0.1, 0.15) is 48.7 Å². The van der Waals surface area contributed by atoms with Gasteiger partial charge in [0.25, 0.3) is 5.91 Å². The summed E-state index contributed by atoms with van der Waals surface area (Å²) in [6.07, 6.45) is 3.93. The molecule has 0 bridgehead atoms. The maximum absolute atomic E-state index is 12.7. The Morgan fingerprint density at radius 3 is 2.42 bits per heavy atom. The van der Waals surface area contributed by atoms with Crippen molar-refractivity contribution in [2.75, 3.05) is 0 Å². The number of aliphatic carboxylic acids is 1. The topological polar surface area (TPSA) is 92.2 Å². The van der Waals surface area contributed by atoms with Crippen molar-refractivity contribution in [2.45, 2.75) is 45.1 Å². The minimum Gasteiger partial charge on any atom is -0.480 e. The van der Waals surface area contributed by atoms with Crippen LogP contribution in [0.15, 0.2) is 36.5 Å². The van der Waals surface area contributed by atoms with Gasteiger partial charge in [-0.25, -0.2) is 14.8 Å². The Bertz CT molecular complexity index is 812. The molecule has 1 aliphatic carbocycles. The van der Waals surface area contributed by atoms with Crippen molar-refractivity contribution in [2.24, 2.45) is 5.92 Å². The highest BCUT2D eigenvalue weighted by atomic mass is 16.4. The zero-order chi connectivity index (χ0) is 18.7. The van der Waals surface area contributed by atoms with Crippen LogP contribution in [0.3, 0.4) is 0 Å². The molecule has 1 fully saturated rings. The lowest BCUT2D eigenvalue weighted by atomic mass is 9.77. The van der Waals surface area contributed by atoms with E-state index in [0.717, 1.165) is 18.4 Å². The van der Waals surface area contributed by atoms with Crippen LogP contribution in [0.2, 0.25) is 0 Å². The Labute approximate surface area is 152 Å². The number of hydrogen-bond donors (Lipinski definition) is 2. The van der Waals surface area contributed by atoms with Gasteiger partial charge in [-0.1, -0.05) is 37.3 Å². The fourth-order valence-corrected chi connectivity index (χ4v) is 3.35. The molecule has 6 nitrogen and oxygen atoms in total. The van der Waals surface area contributed by atoms with Crippen LogP contribution in [0, 0.1) is 12.8 Å². The molecule has 2 N–H and O–H groups in total. The van der Waals surface area contributed by atoms with E-state index < -0.39 is 17.4 Å². The number of benzene rings is 1. The lowest BCUT2D eigenvalue weighted by Gasteiger charge is -2.36. The summed E-state index contributed by atoms with van der Waals surface area (Å²) in [7, 11) is 0. The zero-order valence-corrected chi connectivity index (χ0v) is 15.0. The van der Waals surface area contributed by atoms with E-state index in [1.54, 1.807) is 6.92 Å². The van der Waals surface area contributed by atoms with Gasteiger partial charge in [0.1, 0.15) is 5.54 Å². The summed E-state index contributed by atoms with van der Waals surface area (Å²) in [6, 6.07) is 9.51. The molecular formula is C20H23N3O3. The molecule has 0 spiro atoms. The fraction of sp³-hybridized carbons (Fsp3) is 0.400. The quantitative estimate of drug-likeness (QED) is 0.880. The van der Waals surface area contributed by atoms with Crippen LogP contribution in [0.25, 0.3) is 11.4 Å². The average molecular weight is 353 g/mol. The monoisotopic (exact) mass is 353 g/mol. The third kappa shape index (κ3) is 3.59. The summed E-state index contributed by atoms with van der Waals surface area (Å²) >= 11 is 0. The molecule has 1 aliphatic rings. The summed E-state index contributed by atoms with van der Waals surface area (Å²) in [5.41, 5.74) is 0.504. The third-order valence-corrected chi connectivity index (χ3v) is 5.15. The molecule has 1 amide bonds. The maximum Gasteiger partial charge on any atom is 0.329 e. The van der Waals surface area contributed by atoms with Crippen molar-refractivity contribution in [1.82, 2.24) is 15.3 Å². The lowest BCUT2D eigenvalue weighted by Crippen LogP contribution is -2.56. The maximum atomic E-state index is 12.7. The highest BCUT2D eigenvalue weighted by molar-refractivity contribution is 5.98. The molecule has 1 aromatic carbocycles. The Hall–Kier alpha value is -2.76. The smallest absolute Gasteiger partial charge is 0.329 e. The summed E-state index contributed by atoms with van der Waals surface area (Å²) in [5.74, 6) is -0.384. The largest absolute Gasteiger partial charge is 0.480 e. The van der Waals surface area contributed by atoms with Gasteiger partial charge in [-0.05, 0) is 38.5 Å². The number of carboxylic acid groups (broad SMARTS) is 1. The zero-order valence-electron chi connectivity index (χ0n) is 15.0. The molecule has 1 heterocycles. The van der Waals surface area contributed by atoms with E-state index in [-0.39, 0.29) is 0 Å². The van der Waals surface area contributed by atoms with E-state index in [9.17, 15) is 14.7 Å². The molecule has 136 valence electrons. The van der Waals surface area contributed by atoms with Crippen LogP contribution < -0.4 is 5.32 Å². The van der Waals surface area contributed by atoms with Crippen LogP contribution in [0.5, 0.6) is 0 Å². The summed E-state index contributed by atoms with van der Waals surface area (Å²) < 4.78 is 0. The van der Waals surface area contributed by atoms with E-state index in [1.807, 2.05) is 30.3 Å². The second kappa shape index (κ2) is 7.23. The van der Waals surface area contributed by atoms with Crippen molar-refractivity contribution in [3.8, 4) is 11.4 Å². The minimum absolute atomic E-state index is 0.309. The first-order valence-electron chi connectivity index (χ1n) is 8.86. The number of aryl methyl sites for hydroxylation is 1. The molecule has 3 rings (SSSR count). The first-order valence-corrected chi connectivity index (χ1v) is 8.86. The molecule has 0 radical (unpaired) electrons. The molecular weight excluding hydrogens is 330 g/mol. The molecule has 0 atom stereocenters. The van der Waals surface area contributed by atoms with Gasteiger partial charge in [0.2, 0.25) is 0 Å². The van der Waals surface area contributed by atoms with E-state index in [1.165, 1.54) is 6.20 Å². The highest BCUT2D eigenvalue weighted by Crippen LogP contribution is 2.32. The van der Waals surface area contributed by atoms with E-state index in [0.29, 0.717) is 35.8 Å². The molecule has 0 saturated heterocycles. The van der Waals surface area contributed by atoms with Gasteiger partial charge < -0.3 is 10.4 Å². The van der Waals surface area contributed by atoms with Crippen LogP contribution in [0.4, 0.5) is 0 Å². The van der Waals surface area contributed by atoms with Crippen molar-refractivity contribution < 1.29 is 14.7 Å². The number of hydrogen-bond acceptors (Lipinski definition) is 4. The second-order valence-corrected chi connectivity index (χ2v) is 7.08. The highest BCUT2D eigenvalue weighted by Gasteiger charge is 2.42. The Kier molecular flexibility index (Phi) is 5.02. The van der Waals surface area contributed by atoms with E-state index >= 15 is 0 Å². The molecule has 6 heteroatoms. The number of amides is 1. The average Bonchev–Trinajstić information content (AvgIpc) is 2.64. The van der Waals surface area contributed by atoms with Gasteiger partial charge in [-0.2, -0.15) is 0 Å². The predicted octanol–water partition coefficient (Wildman–Crippen LogP) is 3.22. The minimum atomic E-state index is -1.20. The normalized spacial score (nSPS) is 22.6. The predicted molar refractivity (Wildman–Crippen MR) is 97.7 cm³/mol. The molecule has 0 aliphatic heterocycles. The number of carbonyl (C=O) groups excluding carboxylic acids is 1. The van der Waals surface area contributed by atoms with Crippen molar-refractivity contribution in [3.05, 3.63) is 47.8 Å². The number of nitrogens with one attached hydrogen (secondary N) is 1. The summed E-state index contributed by atoms with van der Waals surface area (Å²) in [5, 5.41) is 12.4. The van der Waals surface area contributed by atoms with E-state index in [4.69, 9.17) is 0 Å². The van der Waals surface area contributed by atoms with Gasteiger partial charge in [0.05, 0.1) is 11.3 Å². The third-order valence-electron chi connectivity index (χ3n) is 5.15. The van der Waals surface area contributed by atoms with E-state index in [2.05, 4.69) is 22.2 Å². The Morgan fingerprint density at radius 1 is 1.19 bits per heavy atom. The molecule has 0 unspecified atom stereocenters. The SMILES string of the molecule is Cc1nc(-c2ccccc2)ncc1C(=O)NC1(C(=O)O)CCC(C)CC1. The lowest BCUT2D eigenvalue weighted by molar-refractivity contribution is -0.146. The number of nitrogens with zero attached hydrogens (tertiary/aromatic N) is 2. The van der Waals surface area contributed by atoms with Crippen LogP contribution in [-0.4, -0.2) is 32.5 Å². The number of aromatic nitrogens is 2. The molecule has 1 saturated carbocycles. The summed E-state index contributed by atoms with van der Waals surface area (Å²) in [4.78, 5) is 33.2. The Morgan fingerprint density at radius 2 is 1.85 bits per heavy atom. The first kappa shape index (κ1) is 18.0. The molecule has 26 heavy (non-hydrogen) atoms. The standard InChI is InChI=1S/C20H23N3O3/c1-13-8-10-20(11-9-13,19(25)26)23-18(24)16-12-21-17(22-14(16)2)15-6-4-3-5-7-15/h3-7,12-13H,8-11H2,1-2H3,(H,23,24)(H,25,26). The van der Waals surface area contributed by atoms with Crippen molar-refractivity contribution in [1.29, 1.82) is 0 Å². The molecule has 1 aromatic heterocycles. The van der Waals surface area contributed by atoms with Crippen LogP contribution >= 0.6 is 0 Å². The Balaban J connectivity index is 1.82. The van der Waals surface area contributed by atoms with Gasteiger partial charge in [0, 0.05) is 11.8 Å². The number of rotatable bonds is 4. The number of carboxylic acids is 1. The van der Waals surface area contributed by atoms with Gasteiger partial charge in [0.15, 0.2) is 5.82 Å². The van der Waals surface area contributed by atoms with Gasteiger partial charge in [-0.15, -0.1) is 0 Å². The second-order valence-electron chi connectivity index (χ2n) is 7.08. The van der Waals surface area contributed by atoms with Crippen molar-refractivity contribution >= 4 is 11.9 Å². The first-order chi connectivity index (χ1) is 12.4. The summed E-state index contributed by atoms with van der Waals surface area (Å²) in [6.45, 7) is 3.84. The van der Waals surface area contributed by atoms with Crippen LogP contribution in [-0.2, 0) is 4.79 Å².